The number of carbonyl (C=O) groups is 2. The van der Waals surface area contributed by atoms with Gasteiger partial charge in [-0.05, 0) is 38.0 Å². The van der Waals surface area contributed by atoms with Gasteiger partial charge in [-0.1, -0.05) is 12.1 Å². The summed E-state index contributed by atoms with van der Waals surface area (Å²) in [5.41, 5.74) is 2.16. The van der Waals surface area contributed by atoms with Crippen LogP contribution in [0.2, 0.25) is 0 Å². The Hall–Kier alpha value is -3.00. The molecule has 1 aliphatic heterocycles. The third-order valence-electron chi connectivity index (χ3n) is 5.28. The first-order chi connectivity index (χ1) is 14.0. The number of thiophene rings is 1. The summed E-state index contributed by atoms with van der Waals surface area (Å²) >= 11 is 1.51. The number of nitrogens with one attached hydrogen (secondary N) is 1. The summed E-state index contributed by atoms with van der Waals surface area (Å²) in [6.45, 7) is 4.80. The number of hydrogen-bond acceptors (Lipinski definition) is 5. The van der Waals surface area contributed by atoms with E-state index in [0.29, 0.717) is 29.7 Å². The lowest BCUT2D eigenvalue weighted by molar-refractivity contribution is -0.117. The molecule has 1 fully saturated rings. The van der Waals surface area contributed by atoms with E-state index in [1.165, 1.54) is 22.2 Å². The number of para-hydroxylation sites is 2. The number of anilines is 2. The second-order valence-electron chi connectivity index (χ2n) is 7.17. The summed E-state index contributed by atoms with van der Waals surface area (Å²) < 4.78 is 1.48. The Morgan fingerprint density at radius 3 is 2.79 bits per heavy atom. The summed E-state index contributed by atoms with van der Waals surface area (Å²) in [6, 6.07) is 7.30. The molecule has 0 radical (unpaired) electrons. The van der Waals surface area contributed by atoms with Crippen LogP contribution in [0.1, 0.15) is 29.7 Å². The molecule has 1 aliphatic rings. The second kappa shape index (κ2) is 7.79. The molecule has 0 atom stereocenters. The number of fused-ring (bicyclic) bond motifs is 1. The highest BCUT2D eigenvalue weighted by Crippen LogP contribution is 2.29. The predicted molar refractivity (Wildman–Crippen MR) is 115 cm³/mol. The minimum atomic E-state index is -0.214. The van der Waals surface area contributed by atoms with E-state index >= 15 is 0 Å². The van der Waals surface area contributed by atoms with Crippen molar-refractivity contribution in [3.63, 3.8) is 0 Å². The van der Waals surface area contributed by atoms with Crippen LogP contribution in [0, 0.1) is 13.8 Å². The van der Waals surface area contributed by atoms with Gasteiger partial charge in [-0.25, -0.2) is 4.98 Å². The van der Waals surface area contributed by atoms with E-state index in [1.54, 1.807) is 11.0 Å². The lowest BCUT2D eigenvalue weighted by atomic mass is 10.2. The van der Waals surface area contributed by atoms with Gasteiger partial charge in [0.1, 0.15) is 4.83 Å². The minimum Gasteiger partial charge on any atom is -0.324 e. The highest BCUT2D eigenvalue weighted by molar-refractivity contribution is 7.18. The molecule has 29 heavy (non-hydrogen) atoms. The van der Waals surface area contributed by atoms with Crippen molar-refractivity contribution in [3.8, 4) is 0 Å². The number of rotatable bonds is 5. The average molecular weight is 410 g/mol. The zero-order chi connectivity index (χ0) is 20.5. The topological polar surface area (TPSA) is 84.3 Å². The Morgan fingerprint density at radius 1 is 1.24 bits per heavy atom. The Balaban J connectivity index is 1.49. The number of amides is 2. The standard InChI is InChI=1S/C21H22N4O3S/c1-13-14(2)29-20-19(13)21(28)24(12-22-20)11-9-17(26)23-15-6-3-4-7-16(15)25-10-5-8-18(25)27/h3-4,6-7,12H,5,8-11H2,1-2H3,(H,23,26). The fourth-order valence-corrected chi connectivity index (χ4v) is 4.57. The van der Waals surface area contributed by atoms with Crippen LogP contribution in [-0.4, -0.2) is 27.9 Å². The molecule has 0 saturated carbocycles. The van der Waals surface area contributed by atoms with E-state index in [0.717, 1.165) is 21.7 Å². The lowest BCUT2D eigenvalue weighted by Crippen LogP contribution is -2.26. The van der Waals surface area contributed by atoms with Crippen LogP contribution in [0.15, 0.2) is 35.4 Å². The summed E-state index contributed by atoms with van der Waals surface area (Å²) in [4.78, 5) is 45.2. The van der Waals surface area contributed by atoms with Crippen molar-refractivity contribution in [1.29, 1.82) is 0 Å². The van der Waals surface area contributed by atoms with Crippen LogP contribution in [-0.2, 0) is 16.1 Å². The Labute approximate surface area is 172 Å². The van der Waals surface area contributed by atoms with Crippen molar-refractivity contribution in [2.24, 2.45) is 0 Å². The van der Waals surface area contributed by atoms with Crippen LogP contribution in [0.4, 0.5) is 11.4 Å². The Kier molecular flexibility index (Phi) is 5.19. The summed E-state index contributed by atoms with van der Waals surface area (Å²) in [5.74, 6) is -0.145. The van der Waals surface area contributed by atoms with Gasteiger partial charge in [0.15, 0.2) is 0 Å². The maximum absolute atomic E-state index is 12.8. The molecule has 0 bridgehead atoms. The molecule has 1 aromatic carbocycles. The van der Waals surface area contributed by atoms with Gasteiger partial charge in [0.05, 0.1) is 23.1 Å². The number of carbonyl (C=O) groups excluding carboxylic acids is 2. The quantitative estimate of drug-likeness (QED) is 0.700. The van der Waals surface area contributed by atoms with E-state index in [-0.39, 0.29) is 30.3 Å². The zero-order valence-electron chi connectivity index (χ0n) is 16.4. The first kappa shape index (κ1) is 19.3. The van der Waals surface area contributed by atoms with Crippen LogP contribution < -0.4 is 15.8 Å². The monoisotopic (exact) mass is 410 g/mol. The molecular formula is C21H22N4O3S. The molecule has 8 heteroatoms. The van der Waals surface area contributed by atoms with Gasteiger partial charge < -0.3 is 10.2 Å². The molecule has 0 aliphatic carbocycles. The summed E-state index contributed by atoms with van der Waals surface area (Å²) in [7, 11) is 0. The van der Waals surface area contributed by atoms with Crippen molar-refractivity contribution in [2.75, 3.05) is 16.8 Å². The number of aryl methyl sites for hydroxylation is 3. The maximum atomic E-state index is 12.8. The molecule has 3 aromatic rings. The van der Waals surface area contributed by atoms with Crippen molar-refractivity contribution < 1.29 is 9.59 Å². The normalized spacial score (nSPS) is 14.0. The van der Waals surface area contributed by atoms with Gasteiger partial charge in [0.2, 0.25) is 11.8 Å². The molecule has 4 rings (SSSR count). The van der Waals surface area contributed by atoms with E-state index in [9.17, 15) is 14.4 Å². The van der Waals surface area contributed by atoms with E-state index in [4.69, 9.17) is 0 Å². The maximum Gasteiger partial charge on any atom is 0.262 e. The summed E-state index contributed by atoms with van der Waals surface area (Å²) in [6.07, 6.45) is 2.99. The molecule has 2 amide bonds. The van der Waals surface area contributed by atoms with Gasteiger partial charge in [0, 0.05) is 30.8 Å². The van der Waals surface area contributed by atoms with Gasteiger partial charge in [-0.15, -0.1) is 11.3 Å². The Morgan fingerprint density at radius 2 is 2.03 bits per heavy atom. The SMILES string of the molecule is Cc1sc2ncn(CCC(=O)Nc3ccccc3N3CCCC3=O)c(=O)c2c1C. The third-order valence-corrected chi connectivity index (χ3v) is 6.39. The number of nitrogens with zero attached hydrogens (tertiary/aromatic N) is 3. The number of aromatic nitrogens is 2. The average Bonchev–Trinajstić information content (AvgIpc) is 3.25. The van der Waals surface area contributed by atoms with Crippen molar-refractivity contribution in [3.05, 3.63) is 51.4 Å². The molecule has 7 nitrogen and oxygen atoms in total. The largest absolute Gasteiger partial charge is 0.324 e. The lowest BCUT2D eigenvalue weighted by Gasteiger charge is -2.20. The second-order valence-corrected chi connectivity index (χ2v) is 8.37. The van der Waals surface area contributed by atoms with Crippen LogP contribution in [0.3, 0.4) is 0 Å². The predicted octanol–water partition coefficient (Wildman–Crippen LogP) is 3.23. The molecule has 1 N–H and O–H groups in total. The Bertz CT molecular complexity index is 1160. The van der Waals surface area contributed by atoms with Crippen molar-refractivity contribution >= 4 is 44.7 Å². The third kappa shape index (κ3) is 3.67. The van der Waals surface area contributed by atoms with Crippen molar-refractivity contribution in [1.82, 2.24) is 9.55 Å². The fraction of sp³-hybridized carbons (Fsp3) is 0.333. The van der Waals surface area contributed by atoms with Crippen LogP contribution >= 0.6 is 11.3 Å². The molecule has 0 unspecified atom stereocenters. The zero-order valence-corrected chi connectivity index (χ0v) is 17.2. The van der Waals surface area contributed by atoms with E-state index < -0.39 is 0 Å². The number of hydrogen-bond donors (Lipinski definition) is 1. The molecule has 150 valence electrons. The number of benzene rings is 1. The smallest absolute Gasteiger partial charge is 0.262 e. The molecule has 3 heterocycles. The van der Waals surface area contributed by atoms with Gasteiger partial charge in [-0.3, -0.25) is 19.0 Å². The van der Waals surface area contributed by atoms with E-state index in [1.807, 2.05) is 32.0 Å². The van der Waals surface area contributed by atoms with Crippen LogP contribution in [0.25, 0.3) is 10.2 Å². The molecule has 0 spiro atoms. The van der Waals surface area contributed by atoms with Gasteiger partial charge >= 0.3 is 0 Å². The highest BCUT2D eigenvalue weighted by atomic mass is 32.1. The molecular weight excluding hydrogens is 388 g/mol. The molecule has 1 saturated heterocycles. The molecule has 2 aromatic heterocycles. The van der Waals surface area contributed by atoms with E-state index in [2.05, 4.69) is 10.3 Å². The fourth-order valence-electron chi connectivity index (χ4n) is 3.58. The van der Waals surface area contributed by atoms with Gasteiger partial charge in [-0.2, -0.15) is 0 Å². The van der Waals surface area contributed by atoms with Crippen molar-refractivity contribution in [2.45, 2.75) is 39.7 Å². The summed E-state index contributed by atoms with van der Waals surface area (Å²) in [5, 5.41) is 3.52. The minimum absolute atomic E-state index is 0.0686. The highest BCUT2D eigenvalue weighted by Gasteiger charge is 2.24. The first-order valence-corrected chi connectivity index (χ1v) is 10.4. The first-order valence-electron chi connectivity index (χ1n) is 9.60. The van der Waals surface area contributed by atoms with Crippen LogP contribution in [0.5, 0.6) is 0 Å². The van der Waals surface area contributed by atoms with Gasteiger partial charge in [0.25, 0.3) is 5.56 Å².